The van der Waals surface area contributed by atoms with Gasteiger partial charge in [0.15, 0.2) is 0 Å². The van der Waals surface area contributed by atoms with Crippen molar-refractivity contribution in [1.29, 1.82) is 0 Å². The highest BCUT2D eigenvalue weighted by Gasteiger charge is 2.14. The molecule has 0 amide bonds. The molecule has 0 fully saturated rings. The van der Waals surface area contributed by atoms with Crippen LogP contribution in [0.5, 0.6) is 0 Å². The molecule has 0 aliphatic rings. The molecule has 0 radical (unpaired) electrons. The molecule has 0 saturated carbocycles. The molecule has 1 unspecified atom stereocenters. The zero-order chi connectivity index (χ0) is 13.8. The second-order valence-corrected chi connectivity index (χ2v) is 6.92. The van der Waals surface area contributed by atoms with Crippen LogP contribution < -0.4 is 5.32 Å². The van der Waals surface area contributed by atoms with Gasteiger partial charge >= 0.3 is 0 Å². The smallest absolute Gasteiger partial charge is 0.0456 e. The minimum atomic E-state index is 0.432. The van der Waals surface area contributed by atoms with E-state index in [1.807, 2.05) is 11.3 Å². The van der Waals surface area contributed by atoms with E-state index in [4.69, 9.17) is 0 Å². The van der Waals surface area contributed by atoms with Gasteiger partial charge in [0.05, 0.1) is 0 Å². The number of fused-ring (bicyclic) bond motifs is 1. The van der Waals surface area contributed by atoms with Crippen LogP contribution in [0.2, 0.25) is 0 Å². The predicted octanol–water partition coefficient (Wildman–Crippen LogP) is 5.25. The van der Waals surface area contributed by atoms with Crippen molar-refractivity contribution in [1.82, 2.24) is 5.32 Å². The summed E-state index contributed by atoms with van der Waals surface area (Å²) in [6.07, 6.45) is 2.25. The van der Waals surface area contributed by atoms with E-state index < -0.39 is 0 Å². The summed E-state index contributed by atoms with van der Waals surface area (Å²) in [4.78, 5) is 1.45. The van der Waals surface area contributed by atoms with Gasteiger partial charge in [-0.05, 0) is 59.3 Å². The van der Waals surface area contributed by atoms with E-state index in [1.54, 1.807) is 11.3 Å². The SMILES string of the molecule is CCCNC(Cc1ccsc1)c1cc2ccccc2s1. The monoisotopic (exact) mass is 301 g/mol. The summed E-state index contributed by atoms with van der Waals surface area (Å²) in [7, 11) is 0. The van der Waals surface area contributed by atoms with E-state index in [2.05, 4.69) is 59.4 Å². The highest BCUT2D eigenvalue weighted by atomic mass is 32.1. The molecule has 2 aromatic heterocycles. The van der Waals surface area contributed by atoms with E-state index in [0.29, 0.717) is 6.04 Å². The fraction of sp³-hybridized carbons (Fsp3) is 0.294. The van der Waals surface area contributed by atoms with Crippen LogP contribution in [-0.4, -0.2) is 6.54 Å². The molecule has 3 aromatic rings. The van der Waals surface area contributed by atoms with Gasteiger partial charge in [-0.3, -0.25) is 0 Å². The first-order valence-electron chi connectivity index (χ1n) is 7.09. The molecule has 1 aromatic carbocycles. The molecule has 3 rings (SSSR count). The fourth-order valence-electron chi connectivity index (χ4n) is 2.41. The summed E-state index contributed by atoms with van der Waals surface area (Å²) in [6, 6.07) is 13.7. The molecule has 0 saturated heterocycles. The van der Waals surface area contributed by atoms with E-state index in [-0.39, 0.29) is 0 Å². The number of hydrogen-bond acceptors (Lipinski definition) is 3. The van der Waals surface area contributed by atoms with Gasteiger partial charge in [-0.15, -0.1) is 11.3 Å². The number of benzene rings is 1. The number of nitrogens with one attached hydrogen (secondary N) is 1. The van der Waals surface area contributed by atoms with Crippen molar-refractivity contribution in [3.05, 3.63) is 57.6 Å². The Hall–Kier alpha value is -1.16. The predicted molar refractivity (Wildman–Crippen MR) is 90.9 cm³/mol. The quantitative estimate of drug-likeness (QED) is 0.656. The summed E-state index contributed by atoms with van der Waals surface area (Å²) in [5.41, 5.74) is 1.43. The van der Waals surface area contributed by atoms with Gasteiger partial charge in [-0.25, -0.2) is 0 Å². The van der Waals surface area contributed by atoms with Crippen molar-refractivity contribution in [3.8, 4) is 0 Å². The Morgan fingerprint density at radius 2 is 2.10 bits per heavy atom. The highest BCUT2D eigenvalue weighted by Crippen LogP contribution is 2.31. The van der Waals surface area contributed by atoms with Crippen LogP contribution >= 0.6 is 22.7 Å². The molecule has 104 valence electrons. The lowest BCUT2D eigenvalue weighted by atomic mass is 10.1. The Morgan fingerprint density at radius 3 is 2.85 bits per heavy atom. The van der Waals surface area contributed by atoms with Crippen LogP contribution in [-0.2, 0) is 6.42 Å². The van der Waals surface area contributed by atoms with Gasteiger partial charge < -0.3 is 5.32 Å². The first-order chi connectivity index (χ1) is 9.86. The van der Waals surface area contributed by atoms with E-state index in [9.17, 15) is 0 Å². The second kappa shape index (κ2) is 6.53. The Balaban J connectivity index is 1.87. The molecule has 0 bridgehead atoms. The van der Waals surface area contributed by atoms with Gasteiger partial charge in [0, 0.05) is 15.6 Å². The van der Waals surface area contributed by atoms with Gasteiger partial charge in [-0.1, -0.05) is 25.1 Å². The molecule has 0 aliphatic heterocycles. The third-order valence-electron chi connectivity index (χ3n) is 3.45. The molecule has 2 heterocycles. The zero-order valence-electron chi connectivity index (χ0n) is 11.6. The molecule has 1 atom stereocenters. The summed E-state index contributed by atoms with van der Waals surface area (Å²) >= 11 is 3.70. The van der Waals surface area contributed by atoms with Crippen LogP contribution in [0.1, 0.15) is 29.8 Å². The average Bonchev–Trinajstić information content (AvgIpc) is 3.12. The lowest BCUT2D eigenvalue weighted by Gasteiger charge is -2.16. The Kier molecular flexibility index (Phi) is 4.51. The van der Waals surface area contributed by atoms with Crippen molar-refractivity contribution in [2.24, 2.45) is 0 Å². The molecule has 3 heteroatoms. The Bertz CT molecular complexity index is 622. The van der Waals surface area contributed by atoms with Crippen LogP contribution in [0.3, 0.4) is 0 Å². The number of rotatable bonds is 6. The first-order valence-corrected chi connectivity index (χ1v) is 8.85. The second-order valence-electron chi connectivity index (χ2n) is 5.03. The molecule has 0 spiro atoms. The highest BCUT2D eigenvalue weighted by molar-refractivity contribution is 7.19. The summed E-state index contributed by atoms with van der Waals surface area (Å²) in [5.74, 6) is 0. The molecule has 1 N–H and O–H groups in total. The Labute approximate surface area is 128 Å². The van der Waals surface area contributed by atoms with Gasteiger partial charge in [0.1, 0.15) is 0 Å². The zero-order valence-corrected chi connectivity index (χ0v) is 13.3. The van der Waals surface area contributed by atoms with Crippen molar-refractivity contribution in [3.63, 3.8) is 0 Å². The maximum Gasteiger partial charge on any atom is 0.0456 e. The molecular formula is C17H19NS2. The summed E-state index contributed by atoms with van der Waals surface area (Å²) < 4.78 is 1.39. The lowest BCUT2D eigenvalue weighted by molar-refractivity contribution is 0.537. The van der Waals surface area contributed by atoms with Crippen LogP contribution in [0.4, 0.5) is 0 Å². The van der Waals surface area contributed by atoms with Crippen molar-refractivity contribution < 1.29 is 0 Å². The number of thiophene rings is 2. The van der Waals surface area contributed by atoms with Crippen molar-refractivity contribution >= 4 is 32.8 Å². The van der Waals surface area contributed by atoms with E-state index >= 15 is 0 Å². The van der Waals surface area contributed by atoms with Crippen molar-refractivity contribution in [2.45, 2.75) is 25.8 Å². The average molecular weight is 301 g/mol. The van der Waals surface area contributed by atoms with Crippen molar-refractivity contribution in [2.75, 3.05) is 6.54 Å². The molecule has 0 aliphatic carbocycles. The first kappa shape index (κ1) is 13.8. The molecular weight excluding hydrogens is 282 g/mol. The fourth-order valence-corrected chi connectivity index (χ4v) is 4.23. The number of hydrogen-bond donors (Lipinski definition) is 1. The summed E-state index contributed by atoms with van der Waals surface area (Å²) in [6.45, 7) is 3.29. The Morgan fingerprint density at radius 1 is 1.20 bits per heavy atom. The van der Waals surface area contributed by atoms with Gasteiger partial charge in [0.25, 0.3) is 0 Å². The maximum absolute atomic E-state index is 3.70. The third kappa shape index (κ3) is 3.11. The molecule has 1 nitrogen and oxygen atoms in total. The van der Waals surface area contributed by atoms with E-state index in [1.165, 1.54) is 26.9 Å². The third-order valence-corrected chi connectivity index (χ3v) is 5.41. The largest absolute Gasteiger partial charge is 0.309 e. The molecule has 20 heavy (non-hydrogen) atoms. The minimum Gasteiger partial charge on any atom is -0.309 e. The standard InChI is InChI=1S/C17H19NS2/c1-2-8-18-15(10-13-7-9-19-12-13)17-11-14-5-3-4-6-16(14)20-17/h3-7,9,11-12,15,18H,2,8,10H2,1H3. The topological polar surface area (TPSA) is 12.0 Å². The van der Waals surface area contributed by atoms with Gasteiger partial charge in [-0.2, -0.15) is 11.3 Å². The normalized spacial score (nSPS) is 12.8. The van der Waals surface area contributed by atoms with Crippen LogP contribution in [0.25, 0.3) is 10.1 Å². The van der Waals surface area contributed by atoms with Gasteiger partial charge in [0.2, 0.25) is 0 Å². The van der Waals surface area contributed by atoms with Crippen LogP contribution in [0, 0.1) is 0 Å². The summed E-state index contributed by atoms with van der Waals surface area (Å²) in [5, 5.41) is 9.48. The van der Waals surface area contributed by atoms with Crippen LogP contribution in [0.15, 0.2) is 47.2 Å². The van der Waals surface area contributed by atoms with E-state index in [0.717, 1.165) is 13.0 Å². The minimum absolute atomic E-state index is 0.432. The maximum atomic E-state index is 3.70. The lowest BCUT2D eigenvalue weighted by Crippen LogP contribution is -2.23.